The normalized spacial score (nSPS) is 21.7. The van der Waals surface area contributed by atoms with Crippen molar-refractivity contribution in [1.29, 1.82) is 0 Å². The molecule has 1 saturated heterocycles. The molecule has 1 N–H and O–H groups in total. The van der Waals surface area contributed by atoms with E-state index in [9.17, 15) is 10.1 Å². The van der Waals surface area contributed by atoms with Crippen molar-refractivity contribution in [2.75, 3.05) is 25.0 Å². The van der Waals surface area contributed by atoms with Crippen LogP contribution >= 0.6 is 0 Å². The quantitative estimate of drug-likeness (QED) is 0.663. The Hall–Kier alpha value is -1.76. The molecule has 0 amide bonds. The molecule has 7 heteroatoms. The van der Waals surface area contributed by atoms with Crippen molar-refractivity contribution in [3.05, 3.63) is 22.5 Å². The molecule has 0 aromatic carbocycles. The third-order valence-corrected chi connectivity index (χ3v) is 5.24. The highest BCUT2D eigenvalue weighted by atomic mass is 16.6. The van der Waals surface area contributed by atoms with Gasteiger partial charge in [0.25, 0.3) is 0 Å². The largest absolute Gasteiger partial charge is 0.352 e. The van der Waals surface area contributed by atoms with Crippen LogP contribution in [-0.2, 0) is 0 Å². The van der Waals surface area contributed by atoms with Gasteiger partial charge in [-0.25, -0.2) is 9.97 Å². The van der Waals surface area contributed by atoms with E-state index in [1.54, 1.807) is 0 Å². The molecule has 1 saturated carbocycles. The second-order valence-corrected chi connectivity index (χ2v) is 6.71. The van der Waals surface area contributed by atoms with Crippen LogP contribution in [0.2, 0.25) is 0 Å². The third kappa shape index (κ3) is 3.77. The predicted octanol–water partition coefficient (Wildman–Crippen LogP) is 2.99. The zero-order chi connectivity index (χ0) is 16.1. The Morgan fingerprint density at radius 3 is 2.30 bits per heavy atom. The lowest BCUT2D eigenvalue weighted by Gasteiger charge is -2.48. The Kier molecular flexibility index (Phi) is 5.05. The number of aromatic nitrogens is 2. The lowest BCUT2D eigenvalue weighted by atomic mass is 9.79. The molecule has 7 nitrogen and oxygen atoms in total. The zero-order valence-corrected chi connectivity index (χ0v) is 13.5. The molecule has 0 atom stereocenters. The van der Waals surface area contributed by atoms with Gasteiger partial charge in [0.2, 0.25) is 5.95 Å². The van der Waals surface area contributed by atoms with E-state index in [1.807, 2.05) is 0 Å². The summed E-state index contributed by atoms with van der Waals surface area (Å²) < 4.78 is 0. The SMILES string of the molecule is O=[N+]([O-])c1cnc(NCC2(N3CCCCC3)CCCCC2)nc1. The molecule has 0 bridgehead atoms. The molecule has 1 aliphatic heterocycles. The summed E-state index contributed by atoms with van der Waals surface area (Å²) in [6.45, 7) is 3.19. The van der Waals surface area contributed by atoms with E-state index >= 15 is 0 Å². The number of anilines is 1. The molecule has 3 rings (SSSR count). The maximum absolute atomic E-state index is 10.7. The molecule has 2 aliphatic rings. The lowest BCUT2D eigenvalue weighted by Crippen LogP contribution is -2.56. The molecular formula is C16H25N5O2. The van der Waals surface area contributed by atoms with Gasteiger partial charge in [-0.2, -0.15) is 0 Å². The molecule has 23 heavy (non-hydrogen) atoms. The van der Waals surface area contributed by atoms with Crippen LogP contribution in [0.25, 0.3) is 0 Å². The highest BCUT2D eigenvalue weighted by molar-refractivity contribution is 5.31. The molecule has 1 aliphatic carbocycles. The second kappa shape index (κ2) is 7.21. The van der Waals surface area contributed by atoms with Gasteiger partial charge in [-0.1, -0.05) is 25.7 Å². The molecule has 1 aromatic rings. The Morgan fingerprint density at radius 2 is 1.70 bits per heavy atom. The lowest BCUT2D eigenvalue weighted by molar-refractivity contribution is -0.385. The van der Waals surface area contributed by atoms with E-state index in [4.69, 9.17) is 0 Å². The molecule has 0 unspecified atom stereocenters. The monoisotopic (exact) mass is 319 g/mol. The van der Waals surface area contributed by atoms with Crippen LogP contribution in [0.3, 0.4) is 0 Å². The zero-order valence-electron chi connectivity index (χ0n) is 13.5. The van der Waals surface area contributed by atoms with Crippen molar-refractivity contribution >= 4 is 11.6 Å². The smallest absolute Gasteiger partial charge is 0.305 e. The van der Waals surface area contributed by atoms with Gasteiger partial charge in [0.05, 0.1) is 4.92 Å². The third-order valence-electron chi connectivity index (χ3n) is 5.24. The number of piperidine rings is 1. The van der Waals surface area contributed by atoms with Crippen LogP contribution in [0.4, 0.5) is 11.6 Å². The summed E-state index contributed by atoms with van der Waals surface area (Å²) in [5, 5.41) is 14.0. The first-order valence-electron chi connectivity index (χ1n) is 8.65. The summed E-state index contributed by atoms with van der Waals surface area (Å²) in [6.07, 6.45) is 12.8. The summed E-state index contributed by atoms with van der Waals surface area (Å²) in [5.74, 6) is 0.484. The van der Waals surface area contributed by atoms with Crippen LogP contribution in [-0.4, -0.2) is 45.0 Å². The van der Waals surface area contributed by atoms with E-state index in [-0.39, 0.29) is 11.2 Å². The number of nitrogens with one attached hydrogen (secondary N) is 1. The number of likely N-dealkylation sites (tertiary alicyclic amines) is 1. The first-order chi connectivity index (χ1) is 11.2. The fourth-order valence-corrected chi connectivity index (χ4v) is 3.93. The van der Waals surface area contributed by atoms with Gasteiger partial charge in [0.1, 0.15) is 12.4 Å². The minimum Gasteiger partial charge on any atom is -0.352 e. The van der Waals surface area contributed by atoms with Gasteiger partial charge in [-0.05, 0) is 38.8 Å². The highest BCUT2D eigenvalue weighted by Gasteiger charge is 2.38. The van der Waals surface area contributed by atoms with Crippen LogP contribution in [0, 0.1) is 10.1 Å². The van der Waals surface area contributed by atoms with Crippen LogP contribution in [0.5, 0.6) is 0 Å². The van der Waals surface area contributed by atoms with Gasteiger partial charge in [-0.15, -0.1) is 0 Å². The van der Waals surface area contributed by atoms with Gasteiger partial charge in [0, 0.05) is 12.1 Å². The first kappa shape index (κ1) is 16.1. The van der Waals surface area contributed by atoms with Crippen molar-refractivity contribution in [3.8, 4) is 0 Å². The minimum absolute atomic E-state index is 0.0704. The van der Waals surface area contributed by atoms with Crippen molar-refractivity contribution in [3.63, 3.8) is 0 Å². The van der Waals surface area contributed by atoms with Crippen molar-refractivity contribution in [2.45, 2.75) is 56.9 Å². The average molecular weight is 319 g/mol. The van der Waals surface area contributed by atoms with Gasteiger partial charge in [0.15, 0.2) is 0 Å². The Morgan fingerprint density at radius 1 is 1.09 bits per heavy atom. The van der Waals surface area contributed by atoms with Crippen molar-refractivity contribution in [1.82, 2.24) is 14.9 Å². The molecule has 126 valence electrons. The number of hydrogen-bond donors (Lipinski definition) is 1. The summed E-state index contributed by atoms with van der Waals surface area (Å²) >= 11 is 0. The summed E-state index contributed by atoms with van der Waals surface area (Å²) in [5.41, 5.74) is 0.128. The Labute approximate surface area is 136 Å². The van der Waals surface area contributed by atoms with E-state index in [1.165, 1.54) is 76.8 Å². The van der Waals surface area contributed by atoms with Crippen molar-refractivity contribution in [2.24, 2.45) is 0 Å². The maximum atomic E-state index is 10.7. The maximum Gasteiger partial charge on any atom is 0.305 e. The summed E-state index contributed by atoms with van der Waals surface area (Å²) in [4.78, 5) is 21.0. The van der Waals surface area contributed by atoms with Crippen LogP contribution in [0.15, 0.2) is 12.4 Å². The fraction of sp³-hybridized carbons (Fsp3) is 0.750. The predicted molar refractivity (Wildman–Crippen MR) is 88.4 cm³/mol. The Bertz CT molecular complexity index is 522. The number of rotatable bonds is 5. The summed E-state index contributed by atoms with van der Waals surface area (Å²) in [6, 6.07) is 0. The Balaban J connectivity index is 1.67. The minimum atomic E-state index is -0.472. The van der Waals surface area contributed by atoms with E-state index in [0.717, 1.165) is 6.54 Å². The number of nitrogens with zero attached hydrogens (tertiary/aromatic N) is 4. The van der Waals surface area contributed by atoms with Gasteiger partial charge < -0.3 is 5.32 Å². The van der Waals surface area contributed by atoms with E-state index in [2.05, 4.69) is 20.2 Å². The number of nitro groups is 1. The average Bonchev–Trinajstić information content (AvgIpc) is 2.62. The molecule has 0 radical (unpaired) electrons. The standard InChI is InChI=1S/C16H25N5O2/c22-21(23)14-11-17-15(18-12-14)19-13-16(7-3-1-4-8-16)20-9-5-2-6-10-20/h11-12H,1-10,13H2,(H,17,18,19). The molecule has 0 spiro atoms. The number of hydrogen-bond acceptors (Lipinski definition) is 6. The van der Waals surface area contributed by atoms with Crippen LogP contribution < -0.4 is 5.32 Å². The van der Waals surface area contributed by atoms with Gasteiger partial charge >= 0.3 is 5.69 Å². The topological polar surface area (TPSA) is 84.2 Å². The highest BCUT2D eigenvalue weighted by Crippen LogP contribution is 2.35. The molecular weight excluding hydrogens is 294 g/mol. The fourth-order valence-electron chi connectivity index (χ4n) is 3.93. The van der Waals surface area contributed by atoms with Crippen molar-refractivity contribution < 1.29 is 4.92 Å². The first-order valence-corrected chi connectivity index (χ1v) is 8.65. The van der Waals surface area contributed by atoms with E-state index < -0.39 is 4.92 Å². The molecule has 2 heterocycles. The van der Waals surface area contributed by atoms with E-state index in [0.29, 0.717) is 5.95 Å². The van der Waals surface area contributed by atoms with Gasteiger partial charge in [-0.3, -0.25) is 15.0 Å². The van der Waals surface area contributed by atoms with Crippen LogP contribution in [0.1, 0.15) is 51.4 Å². The summed E-state index contributed by atoms with van der Waals surface area (Å²) in [7, 11) is 0. The second-order valence-electron chi connectivity index (χ2n) is 6.71. The molecule has 2 fully saturated rings. The molecule has 1 aromatic heterocycles.